The van der Waals surface area contributed by atoms with E-state index in [9.17, 15) is 0 Å². The van der Waals surface area contributed by atoms with Gasteiger partial charge < -0.3 is 10.6 Å². The fourth-order valence-corrected chi connectivity index (χ4v) is 2.14. The Morgan fingerprint density at radius 3 is 2.87 bits per heavy atom. The van der Waals surface area contributed by atoms with Crippen LogP contribution in [0, 0.1) is 5.92 Å². The van der Waals surface area contributed by atoms with Gasteiger partial charge in [-0.1, -0.05) is 13.8 Å². The second-order valence-corrected chi connectivity index (χ2v) is 4.87. The Labute approximate surface area is 91.1 Å². The normalized spacial score (nSPS) is 17.1. The lowest BCUT2D eigenvalue weighted by atomic mass is 10.1. The molecule has 84 valence electrons. The molecule has 0 aliphatic carbocycles. The second-order valence-electron chi connectivity index (χ2n) is 4.87. The Hall–Kier alpha value is -1.03. The summed E-state index contributed by atoms with van der Waals surface area (Å²) in [4.78, 5) is 2.32. The molecule has 1 aliphatic heterocycles. The maximum Gasteiger partial charge on any atom is 0.149 e. The Morgan fingerprint density at radius 2 is 2.20 bits per heavy atom. The van der Waals surface area contributed by atoms with Crippen molar-refractivity contribution < 1.29 is 0 Å². The largest absolute Gasteiger partial charge is 0.382 e. The highest BCUT2D eigenvalue weighted by molar-refractivity contribution is 5.44. The summed E-state index contributed by atoms with van der Waals surface area (Å²) >= 11 is 0. The fraction of sp³-hybridized carbons (Fsp3) is 0.727. The number of hydrogen-bond acceptors (Lipinski definition) is 3. The summed E-state index contributed by atoms with van der Waals surface area (Å²) in [5.74, 6) is 1.35. The van der Waals surface area contributed by atoms with Gasteiger partial charge in [0.15, 0.2) is 0 Å². The average Bonchev–Trinajstić information content (AvgIpc) is 2.42. The first-order valence-electron chi connectivity index (χ1n) is 5.60. The van der Waals surface area contributed by atoms with Crippen LogP contribution in [0.1, 0.15) is 25.1 Å². The summed E-state index contributed by atoms with van der Waals surface area (Å²) < 4.78 is 2.09. The van der Waals surface area contributed by atoms with Crippen molar-refractivity contribution in [3.63, 3.8) is 0 Å². The molecular weight excluding hydrogens is 188 g/mol. The summed E-state index contributed by atoms with van der Waals surface area (Å²) in [7, 11) is 2.14. The molecule has 2 N–H and O–H groups in total. The molecule has 4 heteroatoms. The third kappa shape index (κ3) is 2.00. The van der Waals surface area contributed by atoms with E-state index < -0.39 is 0 Å². The number of aromatic nitrogens is 2. The maximum absolute atomic E-state index is 5.93. The summed E-state index contributed by atoms with van der Waals surface area (Å²) in [6, 6.07) is 0. The first kappa shape index (κ1) is 10.5. The molecule has 15 heavy (non-hydrogen) atoms. The molecule has 1 aromatic rings. The van der Waals surface area contributed by atoms with Crippen LogP contribution >= 0.6 is 0 Å². The Morgan fingerprint density at radius 1 is 1.47 bits per heavy atom. The van der Waals surface area contributed by atoms with Crippen LogP contribution in [-0.4, -0.2) is 28.3 Å². The first-order valence-corrected chi connectivity index (χ1v) is 5.60. The van der Waals surface area contributed by atoms with E-state index in [1.165, 1.54) is 11.3 Å². The lowest BCUT2D eigenvalue weighted by Crippen LogP contribution is -2.28. The molecule has 2 heterocycles. The minimum atomic E-state index is 0.612. The van der Waals surface area contributed by atoms with Crippen LogP contribution in [0.15, 0.2) is 0 Å². The van der Waals surface area contributed by atoms with Crippen LogP contribution in [0.4, 0.5) is 5.82 Å². The first-order chi connectivity index (χ1) is 7.08. The van der Waals surface area contributed by atoms with Crippen LogP contribution in [0.3, 0.4) is 0 Å². The summed E-state index contributed by atoms with van der Waals surface area (Å²) in [5.41, 5.74) is 8.52. The maximum atomic E-state index is 5.93. The molecule has 0 radical (unpaired) electrons. The highest BCUT2D eigenvalue weighted by Crippen LogP contribution is 2.23. The Balaban J connectivity index is 2.32. The smallest absolute Gasteiger partial charge is 0.149 e. The van der Waals surface area contributed by atoms with Gasteiger partial charge in [-0.3, -0.25) is 4.68 Å². The zero-order valence-electron chi connectivity index (χ0n) is 9.82. The van der Waals surface area contributed by atoms with Gasteiger partial charge in [0.1, 0.15) is 5.82 Å². The van der Waals surface area contributed by atoms with Gasteiger partial charge in [0.2, 0.25) is 0 Å². The van der Waals surface area contributed by atoms with E-state index in [0.717, 1.165) is 31.9 Å². The predicted octanol–water partition coefficient (Wildman–Crippen LogP) is 1.11. The van der Waals surface area contributed by atoms with Crippen LogP contribution in [0.2, 0.25) is 0 Å². The minimum absolute atomic E-state index is 0.612. The summed E-state index contributed by atoms with van der Waals surface area (Å²) in [6.07, 6.45) is 1.04. The SMILES string of the molecule is CC(C)Cn1nc(N)c2c1CN(C)CC2. The second kappa shape index (κ2) is 3.85. The van der Waals surface area contributed by atoms with Crippen molar-refractivity contribution in [2.24, 2.45) is 5.92 Å². The molecule has 0 aromatic carbocycles. The van der Waals surface area contributed by atoms with Crippen molar-refractivity contribution in [3.8, 4) is 0 Å². The quantitative estimate of drug-likeness (QED) is 0.792. The van der Waals surface area contributed by atoms with Crippen LogP contribution in [0.5, 0.6) is 0 Å². The minimum Gasteiger partial charge on any atom is -0.382 e. The fourth-order valence-electron chi connectivity index (χ4n) is 2.14. The third-order valence-electron chi connectivity index (χ3n) is 2.90. The van der Waals surface area contributed by atoms with Crippen molar-refractivity contribution in [1.29, 1.82) is 0 Å². The van der Waals surface area contributed by atoms with Gasteiger partial charge >= 0.3 is 0 Å². The number of nitrogen functional groups attached to an aromatic ring is 1. The standard InChI is InChI=1S/C11H20N4/c1-8(2)6-15-10-7-14(3)5-4-9(10)11(12)13-15/h8H,4-7H2,1-3H3,(H2,12,13). The van der Waals surface area contributed by atoms with Crippen LogP contribution in [-0.2, 0) is 19.5 Å². The molecule has 0 spiro atoms. The van der Waals surface area contributed by atoms with Crippen molar-refractivity contribution in [2.45, 2.75) is 33.4 Å². The lowest BCUT2D eigenvalue weighted by molar-refractivity contribution is 0.296. The van der Waals surface area contributed by atoms with Gasteiger partial charge in [-0.05, 0) is 19.4 Å². The molecule has 4 nitrogen and oxygen atoms in total. The van der Waals surface area contributed by atoms with Gasteiger partial charge in [0.05, 0.1) is 5.69 Å². The molecule has 0 unspecified atom stereocenters. The topological polar surface area (TPSA) is 47.1 Å². The molecule has 0 saturated carbocycles. The van der Waals surface area contributed by atoms with Crippen molar-refractivity contribution in [3.05, 3.63) is 11.3 Å². The van der Waals surface area contributed by atoms with Gasteiger partial charge in [0, 0.05) is 25.2 Å². The molecule has 0 atom stereocenters. The number of nitrogens with two attached hydrogens (primary N) is 1. The molecule has 0 fully saturated rings. The molecule has 1 aromatic heterocycles. The molecular formula is C11H20N4. The average molecular weight is 208 g/mol. The number of anilines is 1. The van der Waals surface area contributed by atoms with Crippen LogP contribution in [0.25, 0.3) is 0 Å². The number of nitrogens with zero attached hydrogens (tertiary/aromatic N) is 3. The third-order valence-corrected chi connectivity index (χ3v) is 2.90. The number of hydrogen-bond donors (Lipinski definition) is 1. The van der Waals surface area contributed by atoms with E-state index in [0.29, 0.717) is 5.92 Å². The highest BCUT2D eigenvalue weighted by Gasteiger charge is 2.21. The molecule has 0 saturated heterocycles. The van der Waals surface area contributed by atoms with E-state index >= 15 is 0 Å². The zero-order chi connectivity index (χ0) is 11.0. The number of rotatable bonds is 2. The van der Waals surface area contributed by atoms with E-state index in [2.05, 4.69) is 35.6 Å². The van der Waals surface area contributed by atoms with Gasteiger partial charge in [-0.2, -0.15) is 5.10 Å². The monoisotopic (exact) mass is 208 g/mol. The zero-order valence-corrected chi connectivity index (χ0v) is 9.82. The van der Waals surface area contributed by atoms with Gasteiger partial charge in [-0.15, -0.1) is 0 Å². The van der Waals surface area contributed by atoms with E-state index in [1.54, 1.807) is 0 Å². The predicted molar refractivity (Wildman–Crippen MR) is 61.5 cm³/mol. The highest BCUT2D eigenvalue weighted by atomic mass is 15.3. The lowest BCUT2D eigenvalue weighted by Gasteiger charge is -2.23. The van der Waals surface area contributed by atoms with Gasteiger partial charge in [-0.25, -0.2) is 0 Å². The summed E-state index contributed by atoms with van der Waals surface area (Å²) in [5, 5.41) is 4.43. The van der Waals surface area contributed by atoms with E-state index in [1.807, 2.05) is 0 Å². The molecule has 2 rings (SSSR count). The van der Waals surface area contributed by atoms with Crippen molar-refractivity contribution >= 4 is 5.82 Å². The van der Waals surface area contributed by atoms with Gasteiger partial charge in [0.25, 0.3) is 0 Å². The van der Waals surface area contributed by atoms with Crippen molar-refractivity contribution in [2.75, 3.05) is 19.3 Å². The molecule has 0 amide bonds. The summed E-state index contributed by atoms with van der Waals surface area (Å²) in [6.45, 7) is 7.44. The van der Waals surface area contributed by atoms with Crippen molar-refractivity contribution in [1.82, 2.24) is 14.7 Å². The molecule has 0 bridgehead atoms. The van der Waals surface area contributed by atoms with Crippen LogP contribution < -0.4 is 5.73 Å². The van der Waals surface area contributed by atoms with E-state index in [-0.39, 0.29) is 0 Å². The number of fused-ring (bicyclic) bond motifs is 1. The van der Waals surface area contributed by atoms with E-state index in [4.69, 9.17) is 5.73 Å². The molecule has 1 aliphatic rings. The Bertz CT molecular complexity index is 354. The Kier molecular flexibility index (Phi) is 2.69. The number of likely N-dealkylation sites (N-methyl/N-ethyl adjacent to an activating group) is 1.